The zero-order valence-corrected chi connectivity index (χ0v) is 27.8. The molecule has 0 atom stereocenters. The van der Waals surface area contributed by atoms with Crippen LogP contribution in [0.3, 0.4) is 0 Å². The molecule has 3 aromatic rings. The fourth-order valence-electron chi connectivity index (χ4n) is 4.62. The van der Waals surface area contributed by atoms with E-state index in [1.54, 1.807) is 12.2 Å². The van der Waals surface area contributed by atoms with Gasteiger partial charge in [0.05, 0.1) is 0 Å². The van der Waals surface area contributed by atoms with E-state index in [0.29, 0.717) is 18.7 Å². The highest BCUT2D eigenvalue weighted by Gasteiger charge is 2.04. The molecular formula is C44H46N4. The summed E-state index contributed by atoms with van der Waals surface area (Å²) in [7, 11) is 0. The second kappa shape index (κ2) is 19.5. The summed E-state index contributed by atoms with van der Waals surface area (Å²) in [5.74, 6) is 0. The summed E-state index contributed by atoms with van der Waals surface area (Å²) in [6.45, 7) is 18.6. The van der Waals surface area contributed by atoms with Crippen molar-refractivity contribution in [2.45, 2.75) is 13.3 Å². The first kappa shape index (κ1) is 36.5. The van der Waals surface area contributed by atoms with Crippen LogP contribution in [0.15, 0.2) is 194 Å². The normalized spacial score (nSPS) is 12.9. The van der Waals surface area contributed by atoms with Crippen LogP contribution in [0.25, 0.3) is 22.8 Å². The van der Waals surface area contributed by atoms with E-state index in [0.717, 1.165) is 61.4 Å². The number of allylic oxidation sites excluding steroid dienone is 13. The van der Waals surface area contributed by atoms with Crippen molar-refractivity contribution in [1.29, 1.82) is 5.41 Å². The number of para-hydroxylation sites is 1. The van der Waals surface area contributed by atoms with Crippen molar-refractivity contribution in [1.82, 2.24) is 0 Å². The molecule has 0 heterocycles. The Morgan fingerprint density at radius 1 is 0.875 bits per heavy atom. The van der Waals surface area contributed by atoms with E-state index in [9.17, 15) is 0 Å². The summed E-state index contributed by atoms with van der Waals surface area (Å²) in [6.07, 6.45) is 25.0. The zero-order chi connectivity index (χ0) is 34.7. The van der Waals surface area contributed by atoms with Gasteiger partial charge in [0, 0.05) is 30.3 Å². The number of hydrogen-bond donors (Lipinski definition) is 4. The van der Waals surface area contributed by atoms with E-state index < -0.39 is 0 Å². The number of hydrogen-bond acceptors (Lipinski definition) is 4. The van der Waals surface area contributed by atoms with Crippen LogP contribution in [0.2, 0.25) is 0 Å². The molecule has 0 saturated heterocycles. The lowest BCUT2D eigenvalue weighted by Crippen LogP contribution is -2.02. The summed E-state index contributed by atoms with van der Waals surface area (Å²) < 4.78 is 0. The summed E-state index contributed by atoms with van der Waals surface area (Å²) >= 11 is 0. The van der Waals surface area contributed by atoms with Gasteiger partial charge in [-0.05, 0) is 93.3 Å². The lowest BCUT2D eigenvalue weighted by molar-refractivity contribution is 1.22. The Hall–Kier alpha value is -5.97. The van der Waals surface area contributed by atoms with Gasteiger partial charge in [0.15, 0.2) is 0 Å². The smallest absolute Gasteiger partial charge is 0.0384 e. The van der Waals surface area contributed by atoms with Gasteiger partial charge in [-0.1, -0.05) is 142 Å². The van der Waals surface area contributed by atoms with Crippen LogP contribution in [-0.4, -0.2) is 12.8 Å². The minimum absolute atomic E-state index is 0.399. The molecule has 48 heavy (non-hydrogen) atoms. The minimum Gasteiger partial charge on any atom is -0.398 e. The molecule has 0 aliphatic heterocycles. The maximum absolute atomic E-state index is 7.67. The molecule has 0 aliphatic rings. The number of rotatable bonds is 17. The third kappa shape index (κ3) is 11.4. The third-order valence-corrected chi connectivity index (χ3v) is 7.51. The van der Waals surface area contributed by atoms with Crippen molar-refractivity contribution in [3.63, 3.8) is 0 Å². The first-order valence-electron chi connectivity index (χ1n) is 15.7. The van der Waals surface area contributed by atoms with Gasteiger partial charge >= 0.3 is 0 Å². The van der Waals surface area contributed by atoms with Crippen molar-refractivity contribution in [3.8, 4) is 11.1 Å². The van der Waals surface area contributed by atoms with Crippen molar-refractivity contribution in [2.24, 2.45) is 11.5 Å². The van der Waals surface area contributed by atoms with E-state index in [2.05, 4.69) is 75.0 Å². The van der Waals surface area contributed by atoms with Gasteiger partial charge in [0.25, 0.3) is 0 Å². The number of anilines is 1. The molecular weight excluding hydrogens is 585 g/mol. The average molecular weight is 631 g/mol. The van der Waals surface area contributed by atoms with Gasteiger partial charge in [0.2, 0.25) is 0 Å². The molecule has 0 fully saturated rings. The standard InChI is InChI=1S/C44H46N4/c1-6-13-42(31-46)39-26-24-38(25-27-39)41-23-20-35(5)40(30-41)22-19-34(4)33(3)18-21-36(32-48-43-15-9-8-10-16-43)14-11-12-17-44(47)37(7-2)28-29-45/h6-13,15-28,30-32,46,48H,1-4,14,29,45,47H2,5H3/b12-11-,21-18-,22-19-,36-32-,37-28+,42-13+,44-17-,46-31?. The maximum atomic E-state index is 7.67. The summed E-state index contributed by atoms with van der Waals surface area (Å²) in [4.78, 5) is 0. The second-order valence-electron chi connectivity index (χ2n) is 11.0. The van der Waals surface area contributed by atoms with Crippen LogP contribution in [0, 0.1) is 12.3 Å². The van der Waals surface area contributed by atoms with Gasteiger partial charge < -0.3 is 22.2 Å². The van der Waals surface area contributed by atoms with Gasteiger partial charge in [0.1, 0.15) is 0 Å². The molecule has 242 valence electrons. The average Bonchev–Trinajstić information content (AvgIpc) is 3.11. The second-order valence-corrected chi connectivity index (χ2v) is 11.0. The number of benzene rings is 3. The highest BCUT2D eigenvalue weighted by Crippen LogP contribution is 2.26. The van der Waals surface area contributed by atoms with Crippen molar-refractivity contribution in [2.75, 3.05) is 11.9 Å². The fourth-order valence-corrected chi connectivity index (χ4v) is 4.62. The van der Waals surface area contributed by atoms with Crippen LogP contribution in [0.5, 0.6) is 0 Å². The Balaban J connectivity index is 1.75. The minimum atomic E-state index is 0.399. The van der Waals surface area contributed by atoms with Crippen molar-refractivity contribution < 1.29 is 0 Å². The quantitative estimate of drug-likeness (QED) is 0.0884. The first-order chi connectivity index (χ1) is 23.3. The SMILES string of the molecule is C=C/C=C(\C=N)c1ccc(-c2ccc(C)c(/C=C\C(=C)C(=C)/C=C\C(=C/Nc3ccccc3)C\C=C/C=C(N)/C(C=C)=C/CN)c2)cc1. The van der Waals surface area contributed by atoms with Gasteiger partial charge in [-0.25, -0.2) is 0 Å². The van der Waals surface area contributed by atoms with Crippen LogP contribution in [0.4, 0.5) is 5.69 Å². The number of nitrogens with two attached hydrogens (primary N) is 2. The molecule has 0 bridgehead atoms. The topological polar surface area (TPSA) is 87.9 Å². The van der Waals surface area contributed by atoms with Gasteiger partial charge in [-0.15, -0.1) is 0 Å². The Morgan fingerprint density at radius 2 is 1.58 bits per heavy atom. The number of nitrogens with one attached hydrogen (secondary N) is 2. The van der Waals surface area contributed by atoms with Crippen LogP contribution in [-0.2, 0) is 0 Å². The third-order valence-electron chi connectivity index (χ3n) is 7.51. The molecule has 3 rings (SSSR count). The van der Waals surface area contributed by atoms with Gasteiger partial charge in [-0.3, -0.25) is 0 Å². The lowest BCUT2D eigenvalue weighted by atomic mass is 9.96. The van der Waals surface area contributed by atoms with Crippen LogP contribution >= 0.6 is 0 Å². The summed E-state index contributed by atoms with van der Waals surface area (Å²) in [6, 6.07) is 24.7. The molecule has 6 N–H and O–H groups in total. The lowest BCUT2D eigenvalue weighted by Gasteiger charge is -2.08. The van der Waals surface area contributed by atoms with E-state index in [-0.39, 0.29) is 0 Å². The number of aryl methyl sites for hydroxylation is 1. The molecule has 4 heteroatoms. The summed E-state index contributed by atoms with van der Waals surface area (Å²) in [5, 5.41) is 11.0. The van der Waals surface area contributed by atoms with E-state index in [1.165, 1.54) is 6.21 Å². The Bertz CT molecular complexity index is 1820. The van der Waals surface area contributed by atoms with Crippen molar-refractivity contribution in [3.05, 3.63) is 211 Å². The Labute approximate surface area is 286 Å². The van der Waals surface area contributed by atoms with E-state index in [1.807, 2.05) is 97.3 Å². The summed E-state index contributed by atoms with van der Waals surface area (Å²) in [5.41, 5.74) is 23.2. The fraction of sp³-hybridized carbons (Fsp3) is 0.0682. The predicted molar refractivity (Wildman–Crippen MR) is 212 cm³/mol. The Morgan fingerprint density at radius 3 is 2.25 bits per heavy atom. The molecule has 0 aliphatic carbocycles. The first-order valence-corrected chi connectivity index (χ1v) is 15.7. The molecule has 0 amide bonds. The molecule has 3 aromatic carbocycles. The Kier molecular flexibility index (Phi) is 14.8. The van der Waals surface area contributed by atoms with Crippen molar-refractivity contribution >= 4 is 23.6 Å². The highest BCUT2D eigenvalue weighted by atomic mass is 14.8. The largest absolute Gasteiger partial charge is 0.398 e. The van der Waals surface area contributed by atoms with E-state index >= 15 is 0 Å². The molecule has 0 aromatic heterocycles. The molecule has 0 unspecified atom stereocenters. The highest BCUT2D eigenvalue weighted by molar-refractivity contribution is 6.08. The zero-order valence-electron chi connectivity index (χ0n) is 27.8. The van der Waals surface area contributed by atoms with Crippen LogP contribution in [0.1, 0.15) is 23.1 Å². The van der Waals surface area contributed by atoms with Crippen LogP contribution < -0.4 is 16.8 Å². The maximum Gasteiger partial charge on any atom is 0.0384 e. The predicted octanol–water partition coefficient (Wildman–Crippen LogP) is 10.4. The molecule has 0 spiro atoms. The molecule has 4 nitrogen and oxygen atoms in total. The van der Waals surface area contributed by atoms with Gasteiger partial charge in [-0.2, -0.15) is 0 Å². The monoisotopic (exact) mass is 630 g/mol. The molecule has 0 saturated carbocycles. The molecule has 0 radical (unpaired) electrons. The van der Waals surface area contributed by atoms with E-state index in [4.69, 9.17) is 16.9 Å².